The summed E-state index contributed by atoms with van der Waals surface area (Å²) in [6, 6.07) is 7.17. The van der Waals surface area contributed by atoms with Gasteiger partial charge in [-0.3, -0.25) is 4.79 Å². The van der Waals surface area contributed by atoms with Crippen LogP contribution in [0.5, 0.6) is 5.75 Å². The van der Waals surface area contributed by atoms with Crippen LogP contribution < -0.4 is 10.1 Å². The van der Waals surface area contributed by atoms with E-state index in [1.54, 1.807) is 12.1 Å². The maximum absolute atomic E-state index is 12.1. The first-order chi connectivity index (χ1) is 8.72. The van der Waals surface area contributed by atoms with E-state index in [2.05, 4.69) is 5.32 Å². The Hall–Kier alpha value is -1.55. The van der Waals surface area contributed by atoms with Crippen LogP contribution in [-0.4, -0.2) is 30.3 Å². The van der Waals surface area contributed by atoms with Gasteiger partial charge in [0.05, 0.1) is 12.2 Å². The van der Waals surface area contributed by atoms with Crippen molar-refractivity contribution in [3.63, 3.8) is 0 Å². The monoisotopic (exact) mass is 251 g/mol. The fraction of sp³-hybridized carbons (Fsp3) is 0.500. The van der Waals surface area contributed by atoms with Crippen LogP contribution >= 0.6 is 0 Å². The molecule has 4 heteroatoms. The number of aliphatic hydroxyl groups excluding tert-OH is 1. The number of nitrogens with one attached hydrogen (secondary N) is 1. The second kappa shape index (κ2) is 7.71. The van der Waals surface area contributed by atoms with E-state index in [9.17, 15) is 4.79 Å². The largest absolute Gasteiger partial charge is 0.493 e. The molecule has 1 rings (SSSR count). The first-order valence-corrected chi connectivity index (χ1v) is 6.36. The van der Waals surface area contributed by atoms with Crippen molar-refractivity contribution >= 4 is 5.91 Å². The van der Waals surface area contributed by atoms with Crippen molar-refractivity contribution in [1.82, 2.24) is 5.32 Å². The van der Waals surface area contributed by atoms with Crippen molar-refractivity contribution in [3.05, 3.63) is 29.8 Å². The molecule has 0 aliphatic heterocycles. The fourth-order valence-corrected chi connectivity index (χ4v) is 1.73. The SMILES string of the molecule is CCOc1ccccc1C(=O)NC(CC)CCO. The first kappa shape index (κ1) is 14.5. The van der Waals surface area contributed by atoms with Gasteiger partial charge in [0, 0.05) is 12.6 Å². The maximum atomic E-state index is 12.1. The van der Waals surface area contributed by atoms with Crippen LogP contribution in [0.2, 0.25) is 0 Å². The number of carbonyl (C=O) groups is 1. The molecule has 0 spiro atoms. The van der Waals surface area contributed by atoms with Crippen molar-refractivity contribution in [2.45, 2.75) is 32.7 Å². The molecule has 4 nitrogen and oxygen atoms in total. The summed E-state index contributed by atoms with van der Waals surface area (Å²) in [4.78, 5) is 12.1. The molecule has 0 fully saturated rings. The van der Waals surface area contributed by atoms with Gasteiger partial charge >= 0.3 is 0 Å². The standard InChI is InChI=1S/C14H21NO3/c1-3-11(9-10-16)15-14(17)12-7-5-6-8-13(12)18-4-2/h5-8,11,16H,3-4,9-10H2,1-2H3,(H,15,17). The molecule has 0 heterocycles. The molecule has 1 amide bonds. The Labute approximate surface area is 108 Å². The van der Waals surface area contributed by atoms with Crippen LogP contribution in [0.1, 0.15) is 37.0 Å². The number of carbonyl (C=O) groups excluding carboxylic acids is 1. The van der Waals surface area contributed by atoms with Crippen LogP contribution in [0, 0.1) is 0 Å². The minimum absolute atomic E-state index is 0.00261. The second-order valence-electron chi connectivity index (χ2n) is 4.02. The zero-order valence-electron chi connectivity index (χ0n) is 11.0. The summed E-state index contributed by atoms with van der Waals surface area (Å²) in [6.45, 7) is 4.47. The predicted molar refractivity (Wildman–Crippen MR) is 70.9 cm³/mol. The number of benzene rings is 1. The Morgan fingerprint density at radius 2 is 2.11 bits per heavy atom. The summed E-state index contributed by atoms with van der Waals surface area (Å²) in [5.74, 6) is 0.440. The minimum Gasteiger partial charge on any atom is -0.493 e. The lowest BCUT2D eigenvalue weighted by Crippen LogP contribution is -2.35. The number of hydrogen-bond donors (Lipinski definition) is 2. The summed E-state index contributed by atoms with van der Waals surface area (Å²) in [5, 5.41) is 11.8. The maximum Gasteiger partial charge on any atom is 0.255 e. The van der Waals surface area contributed by atoms with Gasteiger partial charge in [0.25, 0.3) is 5.91 Å². The lowest BCUT2D eigenvalue weighted by Gasteiger charge is -2.17. The molecule has 0 aliphatic rings. The average Bonchev–Trinajstić information content (AvgIpc) is 2.39. The average molecular weight is 251 g/mol. The normalized spacial score (nSPS) is 11.9. The highest BCUT2D eigenvalue weighted by Crippen LogP contribution is 2.18. The summed E-state index contributed by atoms with van der Waals surface area (Å²) < 4.78 is 5.42. The predicted octanol–water partition coefficient (Wildman–Crippen LogP) is 1.98. The summed E-state index contributed by atoms with van der Waals surface area (Å²) >= 11 is 0. The van der Waals surface area contributed by atoms with Gasteiger partial charge in [-0.15, -0.1) is 0 Å². The highest BCUT2D eigenvalue weighted by atomic mass is 16.5. The molecule has 0 radical (unpaired) electrons. The van der Waals surface area contributed by atoms with Gasteiger partial charge in [0.15, 0.2) is 0 Å². The molecule has 2 N–H and O–H groups in total. The van der Waals surface area contributed by atoms with E-state index in [0.29, 0.717) is 24.3 Å². The van der Waals surface area contributed by atoms with E-state index in [4.69, 9.17) is 9.84 Å². The molecule has 100 valence electrons. The van der Waals surface area contributed by atoms with E-state index in [1.807, 2.05) is 26.0 Å². The van der Waals surface area contributed by atoms with Crippen molar-refractivity contribution in [1.29, 1.82) is 0 Å². The Balaban J connectivity index is 2.76. The number of amides is 1. The molecule has 0 aromatic heterocycles. The first-order valence-electron chi connectivity index (χ1n) is 6.36. The van der Waals surface area contributed by atoms with Crippen molar-refractivity contribution in [2.24, 2.45) is 0 Å². The van der Waals surface area contributed by atoms with E-state index in [-0.39, 0.29) is 18.6 Å². The molecule has 1 atom stereocenters. The van der Waals surface area contributed by atoms with Gasteiger partial charge in [-0.2, -0.15) is 0 Å². The molecule has 18 heavy (non-hydrogen) atoms. The molecule has 0 saturated heterocycles. The molecule has 0 bridgehead atoms. The van der Waals surface area contributed by atoms with E-state index in [0.717, 1.165) is 6.42 Å². The topological polar surface area (TPSA) is 58.6 Å². The lowest BCUT2D eigenvalue weighted by atomic mass is 10.1. The Morgan fingerprint density at radius 3 is 2.72 bits per heavy atom. The quantitative estimate of drug-likeness (QED) is 0.779. The zero-order valence-corrected chi connectivity index (χ0v) is 11.0. The third kappa shape index (κ3) is 4.04. The molecule has 1 unspecified atom stereocenters. The molecule has 1 aromatic rings. The van der Waals surface area contributed by atoms with Gasteiger partial charge in [0.2, 0.25) is 0 Å². The highest BCUT2D eigenvalue weighted by Gasteiger charge is 2.15. The van der Waals surface area contributed by atoms with Crippen molar-refractivity contribution < 1.29 is 14.6 Å². The van der Waals surface area contributed by atoms with Gasteiger partial charge in [-0.1, -0.05) is 19.1 Å². The summed E-state index contributed by atoms with van der Waals surface area (Å²) in [7, 11) is 0. The molecule has 0 saturated carbocycles. The summed E-state index contributed by atoms with van der Waals surface area (Å²) in [5.41, 5.74) is 0.538. The molecule has 0 aliphatic carbocycles. The smallest absolute Gasteiger partial charge is 0.255 e. The highest BCUT2D eigenvalue weighted by molar-refractivity contribution is 5.97. The van der Waals surface area contributed by atoms with Gasteiger partial charge in [-0.05, 0) is 31.9 Å². The van der Waals surface area contributed by atoms with Crippen LogP contribution in [0.4, 0.5) is 0 Å². The van der Waals surface area contributed by atoms with Crippen LogP contribution in [0.15, 0.2) is 24.3 Å². The van der Waals surface area contributed by atoms with E-state index >= 15 is 0 Å². The second-order valence-corrected chi connectivity index (χ2v) is 4.02. The van der Waals surface area contributed by atoms with Crippen LogP contribution in [0.3, 0.4) is 0 Å². The molecular formula is C14H21NO3. The van der Waals surface area contributed by atoms with Gasteiger partial charge < -0.3 is 15.2 Å². The van der Waals surface area contributed by atoms with E-state index in [1.165, 1.54) is 0 Å². The number of hydrogen-bond acceptors (Lipinski definition) is 3. The third-order valence-electron chi connectivity index (χ3n) is 2.74. The lowest BCUT2D eigenvalue weighted by molar-refractivity contribution is 0.0925. The van der Waals surface area contributed by atoms with Crippen LogP contribution in [0.25, 0.3) is 0 Å². The minimum atomic E-state index is -0.153. The molecule has 1 aromatic carbocycles. The number of para-hydroxylation sites is 1. The van der Waals surface area contributed by atoms with Crippen molar-refractivity contribution in [3.8, 4) is 5.75 Å². The third-order valence-corrected chi connectivity index (χ3v) is 2.74. The number of aliphatic hydroxyl groups is 1. The van der Waals surface area contributed by atoms with Crippen LogP contribution in [-0.2, 0) is 0 Å². The van der Waals surface area contributed by atoms with Gasteiger partial charge in [-0.25, -0.2) is 0 Å². The summed E-state index contributed by atoms with van der Waals surface area (Å²) in [6.07, 6.45) is 1.36. The number of ether oxygens (including phenoxy) is 1. The van der Waals surface area contributed by atoms with Gasteiger partial charge in [0.1, 0.15) is 5.75 Å². The Kier molecular flexibility index (Phi) is 6.22. The van der Waals surface area contributed by atoms with Crippen molar-refractivity contribution in [2.75, 3.05) is 13.2 Å². The molecular weight excluding hydrogens is 230 g/mol. The Bertz CT molecular complexity index is 379. The fourth-order valence-electron chi connectivity index (χ4n) is 1.73. The van der Waals surface area contributed by atoms with E-state index < -0.39 is 0 Å². The Morgan fingerprint density at radius 1 is 1.39 bits per heavy atom. The zero-order chi connectivity index (χ0) is 13.4. The number of rotatable bonds is 7.